The number of halogens is 8. The number of amides is 1. The van der Waals surface area contributed by atoms with Crippen LogP contribution in [0.25, 0.3) is 0 Å². The Hall–Kier alpha value is -2.68. The molecule has 3 aromatic rings. The molecule has 202 valence electrons. The van der Waals surface area contributed by atoms with Gasteiger partial charge in [-0.25, -0.2) is 18.7 Å². The van der Waals surface area contributed by atoms with E-state index in [0.717, 1.165) is 12.1 Å². The molecule has 0 saturated heterocycles. The molecular weight excluding hydrogens is 607 g/mol. The summed E-state index contributed by atoms with van der Waals surface area (Å²) in [5.74, 6) is -8.42. The number of thioether (sulfide) groups is 1. The smallest absolute Gasteiger partial charge is 0.346 e. The maximum Gasteiger partial charge on any atom is 0.435 e. The molecule has 15 heteroatoms. The van der Waals surface area contributed by atoms with Crippen molar-refractivity contribution in [3.8, 4) is 0 Å². The Bertz CT molecular complexity index is 1410. The molecule has 0 spiro atoms. The van der Waals surface area contributed by atoms with Gasteiger partial charge in [0.15, 0.2) is 10.9 Å². The first-order valence-electron chi connectivity index (χ1n) is 11.2. The second-order valence-corrected chi connectivity index (χ2v) is 10.7. The summed E-state index contributed by atoms with van der Waals surface area (Å²) >= 11 is 4.46. The number of nitrogens with one attached hydrogen (secondary N) is 1. The molecule has 2 aliphatic rings. The molecule has 3 unspecified atom stereocenters. The first-order chi connectivity index (χ1) is 17.8. The Labute approximate surface area is 223 Å². The van der Waals surface area contributed by atoms with E-state index in [9.17, 15) is 35.5 Å². The van der Waals surface area contributed by atoms with Gasteiger partial charge in [0.2, 0.25) is 5.91 Å². The van der Waals surface area contributed by atoms with Crippen molar-refractivity contribution >= 4 is 33.6 Å². The number of hydrogen-bond acceptors (Lipinski definition) is 5. The van der Waals surface area contributed by atoms with Gasteiger partial charge < -0.3 is 5.32 Å². The zero-order valence-corrected chi connectivity index (χ0v) is 21.7. The van der Waals surface area contributed by atoms with E-state index in [4.69, 9.17) is 0 Å². The predicted molar refractivity (Wildman–Crippen MR) is 124 cm³/mol. The fourth-order valence-electron chi connectivity index (χ4n) is 4.86. The third-order valence-corrected chi connectivity index (χ3v) is 7.63. The minimum atomic E-state index is -4.97. The van der Waals surface area contributed by atoms with E-state index >= 15 is 0 Å². The number of carbonyl (C=O) groups excluding carboxylic acids is 1. The van der Waals surface area contributed by atoms with Gasteiger partial charge in [-0.2, -0.15) is 27.1 Å². The number of hydrogen-bond donors (Lipinski definition) is 1. The molecule has 1 saturated carbocycles. The van der Waals surface area contributed by atoms with Crippen molar-refractivity contribution in [1.82, 2.24) is 25.1 Å². The van der Waals surface area contributed by atoms with Gasteiger partial charge in [-0.3, -0.25) is 9.48 Å². The van der Waals surface area contributed by atoms with Gasteiger partial charge in [-0.05, 0) is 58.6 Å². The van der Waals surface area contributed by atoms with Crippen molar-refractivity contribution in [2.24, 2.45) is 5.92 Å². The zero-order valence-electron chi connectivity index (χ0n) is 19.3. The Morgan fingerprint density at radius 3 is 2.58 bits per heavy atom. The van der Waals surface area contributed by atoms with Crippen LogP contribution < -0.4 is 5.32 Å². The van der Waals surface area contributed by atoms with Gasteiger partial charge in [0.05, 0.1) is 16.2 Å². The lowest BCUT2D eigenvalue weighted by Gasteiger charge is -2.21. The van der Waals surface area contributed by atoms with Crippen LogP contribution in [0.5, 0.6) is 0 Å². The number of aromatic nitrogens is 4. The molecule has 1 amide bonds. The van der Waals surface area contributed by atoms with Crippen LogP contribution in [0.2, 0.25) is 0 Å². The highest BCUT2D eigenvalue weighted by Gasteiger charge is 2.68. The summed E-state index contributed by atoms with van der Waals surface area (Å²) in [7, 11) is 0. The normalized spacial score (nSPS) is 20.1. The van der Waals surface area contributed by atoms with Crippen LogP contribution in [0.4, 0.5) is 30.7 Å². The lowest BCUT2D eigenvalue weighted by Crippen LogP contribution is -2.35. The third kappa shape index (κ3) is 4.90. The van der Waals surface area contributed by atoms with Crippen molar-refractivity contribution in [2.75, 3.05) is 6.26 Å². The molecule has 38 heavy (non-hydrogen) atoms. The summed E-state index contributed by atoms with van der Waals surface area (Å²) in [6.07, 6.45) is -2.11. The Kier molecular flexibility index (Phi) is 6.73. The molecule has 6 nitrogen and oxygen atoms in total. The number of rotatable bonds is 7. The maximum atomic E-state index is 14.9. The van der Waals surface area contributed by atoms with Gasteiger partial charge in [0, 0.05) is 23.7 Å². The molecule has 1 fully saturated rings. The van der Waals surface area contributed by atoms with Crippen molar-refractivity contribution in [2.45, 2.75) is 48.6 Å². The molecule has 0 bridgehead atoms. The van der Waals surface area contributed by atoms with Crippen molar-refractivity contribution in [3.05, 3.63) is 68.7 Å². The fourth-order valence-corrected chi connectivity index (χ4v) is 5.67. The highest BCUT2D eigenvalue weighted by molar-refractivity contribution is 9.10. The Morgan fingerprint density at radius 2 is 1.95 bits per heavy atom. The Balaban J connectivity index is 1.47. The van der Waals surface area contributed by atoms with Gasteiger partial charge >= 0.3 is 6.18 Å². The van der Waals surface area contributed by atoms with Crippen molar-refractivity contribution in [3.63, 3.8) is 0 Å². The molecule has 2 aliphatic carbocycles. The largest absolute Gasteiger partial charge is 0.435 e. The number of benzene rings is 1. The van der Waals surface area contributed by atoms with E-state index in [1.807, 2.05) is 0 Å². The van der Waals surface area contributed by atoms with Crippen LogP contribution in [0.15, 0.2) is 34.0 Å². The Morgan fingerprint density at radius 1 is 1.26 bits per heavy atom. The number of fused-ring (bicyclic) bond motifs is 3. The summed E-state index contributed by atoms with van der Waals surface area (Å²) in [4.78, 5) is 21.5. The molecule has 0 radical (unpaired) electrons. The van der Waals surface area contributed by atoms with E-state index in [1.165, 1.54) is 18.0 Å². The summed E-state index contributed by atoms with van der Waals surface area (Å²) in [5, 5.41) is 6.22. The molecule has 0 aliphatic heterocycles. The minimum Gasteiger partial charge on any atom is -0.346 e. The minimum absolute atomic E-state index is 0.0766. The van der Waals surface area contributed by atoms with Crippen LogP contribution in [-0.4, -0.2) is 31.9 Å². The van der Waals surface area contributed by atoms with Crippen LogP contribution >= 0.6 is 27.7 Å². The third-order valence-electron chi connectivity index (χ3n) is 6.45. The van der Waals surface area contributed by atoms with Gasteiger partial charge in [-0.15, -0.1) is 0 Å². The summed E-state index contributed by atoms with van der Waals surface area (Å²) in [6.45, 7) is -0.931. The molecule has 1 N–H and O–H groups in total. The molecular formula is C23H17BrF7N5OS. The zero-order chi connectivity index (χ0) is 27.6. The quantitative estimate of drug-likeness (QED) is 0.206. The monoisotopic (exact) mass is 623 g/mol. The predicted octanol–water partition coefficient (Wildman–Crippen LogP) is 5.76. The SMILES string of the molecule is CSc1ncc(Br)c(C(Cc2cc(F)cc(F)c2)NC(=O)Cn2nc(C(F)(F)F)c3c2C(F)(F)C2CC32)n1. The molecule has 2 aromatic heterocycles. The van der Waals surface area contributed by atoms with E-state index in [2.05, 4.69) is 36.3 Å². The van der Waals surface area contributed by atoms with Crippen molar-refractivity contribution < 1.29 is 35.5 Å². The molecule has 5 rings (SSSR count). The number of alkyl halides is 5. The summed E-state index contributed by atoms with van der Waals surface area (Å²) in [5.41, 5.74) is -2.52. The second-order valence-electron chi connectivity index (χ2n) is 9.03. The molecule has 1 aromatic carbocycles. The lowest BCUT2D eigenvalue weighted by atomic mass is 10.0. The standard InChI is InChI=1S/C23H17BrF7N5OS/c1-38-21-32-7-14(24)18(34-21)15(4-9-2-10(25)5-11(26)3-9)33-16(37)8-36-20-17(19(35-36)23(29,30)31)12-6-13(12)22(20,27)28/h2-3,5,7,12-13,15H,4,6,8H2,1H3,(H,33,37). The van der Waals surface area contributed by atoms with Crippen LogP contribution in [0, 0.1) is 17.6 Å². The average molecular weight is 624 g/mol. The van der Waals surface area contributed by atoms with Gasteiger partial charge in [0.25, 0.3) is 5.92 Å². The summed E-state index contributed by atoms with van der Waals surface area (Å²) < 4.78 is 98.9. The van der Waals surface area contributed by atoms with E-state index in [0.29, 0.717) is 20.4 Å². The maximum absolute atomic E-state index is 14.9. The van der Waals surface area contributed by atoms with Gasteiger partial charge in [-0.1, -0.05) is 11.8 Å². The molecule has 2 heterocycles. The van der Waals surface area contributed by atoms with Crippen molar-refractivity contribution in [1.29, 1.82) is 0 Å². The first kappa shape index (κ1) is 26.9. The second kappa shape index (κ2) is 9.50. The van der Waals surface area contributed by atoms with Crippen LogP contribution in [-0.2, 0) is 29.9 Å². The number of nitrogens with zero attached hydrogens (tertiary/aromatic N) is 4. The first-order valence-corrected chi connectivity index (χ1v) is 13.2. The fraction of sp³-hybridized carbons (Fsp3) is 0.391. The average Bonchev–Trinajstić information content (AvgIpc) is 3.46. The lowest BCUT2D eigenvalue weighted by molar-refractivity contribution is -0.142. The van der Waals surface area contributed by atoms with E-state index < -0.39 is 71.0 Å². The summed E-state index contributed by atoms with van der Waals surface area (Å²) in [6, 6.07) is 1.72. The highest BCUT2D eigenvalue weighted by Crippen LogP contribution is 2.68. The van der Waals surface area contributed by atoms with Crippen LogP contribution in [0.1, 0.15) is 46.6 Å². The topological polar surface area (TPSA) is 72.7 Å². The van der Waals surface area contributed by atoms with Crippen LogP contribution in [0.3, 0.4) is 0 Å². The van der Waals surface area contributed by atoms with Gasteiger partial charge in [0.1, 0.15) is 23.9 Å². The number of carbonyl (C=O) groups is 1. The van der Waals surface area contributed by atoms with E-state index in [-0.39, 0.29) is 24.1 Å². The van der Waals surface area contributed by atoms with E-state index in [1.54, 1.807) is 6.26 Å². The molecule has 3 atom stereocenters. The highest BCUT2D eigenvalue weighted by atomic mass is 79.9.